The third-order valence-corrected chi connectivity index (χ3v) is 10.1. The maximum atomic E-state index is 12.9. The molecule has 0 spiro atoms. The van der Waals surface area contributed by atoms with E-state index in [1.54, 1.807) is 6.08 Å². The van der Waals surface area contributed by atoms with Crippen molar-refractivity contribution in [3.63, 3.8) is 0 Å². The van der Waals surface area contributed by atoms with Gasteiger partial charge in [0, 0.05) is 6.42 Å². The predicted octanol–water partition coefficient (Wildman–Crippen LogP) is 7.78. The van der Waals surface area contributed by atoms with Crippen LogP contribution < -0.4 is 5.32 Å². The average Bonchev–Trinajstić information content (AvgIpc) is 3.11. The molecule has 1 aliphatic rings. The minimum Gasteiger partial charge on any atom is -0.394 e. The Labute approximate surface area is 306 Å². The first-order chi connectivity index (χ1) is 24.3. The summed E-state index contributed by atoms with van der Waals surface area (Å²) in [6, 6.07) is -0.796. The molecule has 1 rings (SSSR count). The molecule has 1 fully saturated rings. The second-order valence-corrected chi connectivity index (χ2v) is 14.8. The number of allylic oxidation sites excluding steroid dienone is 1. The summed E-state index contributed by atoms with van der Waals surface area (Å²) >= 11 is 0. The zero-order valence-electron chi connectivity index (χ0n) is 32.2. The highest BCUT2D eigenvalue weighted by atomic mass is 16.7. The minimum absolute atomic E-state index is 0.177. The van der Waals surface area contributed by atoms with Crippen LogP contribution in [0.5, 0.6) is 0 Å². The normalized spacial score (nSPS) is 22.3. The van der Waals surface area contributed by atoms with Crippen molar-refractivity contribution in [3.8, 4) is 0 Å². The highest BCUT2D eigenvalue weighted by molar-refractivity contribution is 5.76. The first-order valence-electron chi connectivity index (χ1n) is 20.9. The Morgan fingerprint density at radius 1 is 0.660 bits per heavy atom. The van der Waals surface area contributed by atoms with Gasteiger partial charge < -0.3 is 40.3 Å². The van der Waals surface area contributed by atoms with Gasteiger partial charge >= 0.3 is 0 Å². The number of carbonyl (C=O) groups is 1. The number of ether oxygens (including phenoxy) is 2. The van der Waals surface area contributed by atoms with E-state index in [4.69, 9.17) is 9.47 Å². The molecule has 0 aromatic heterocycles. The molecule has 1 saturated heterocycles. The fourth-order valence-corrected chi connectivity index (χ4v) is 6.68. The molecule has 0 aliphatic carbocycles. The molecule has 7 atom stereocenters. The van der Waals surface area contributed by atoms with E-state index < -0.39 is 49.5 Å². The van der Waals surface area contributed by atoms with Gasteiger partial charge in [-0.15, -0.1) is 0 Å². The first kappa shape index (κ1) is 47.0. The van der Waals surface area contributed by atoms with Crippen molar-refractivity contribution in [1.29, 1.82) is 0 Å². The van der Waals surface area contributed by atoms with Gasteiger partial charge in [-0.05, 0) is 19.3 Å². The lowest BCUT2D eigenvalue weighted by Crippen LogP contribution is -2.60. The van der Waals surface area contributed by atoms with Crippen molar-refractivity contribution >= 4 is 5.91 Å². The van der Waals surface area contributed by atoms with E-state index in [0.29, 0.717) is 6.42 Å². The van der Waals surface area contributed by atoms with Gasteiger partial charge in [-0.3, -0.25) is 4.79 Å². The maximum Gasteiger partial charge on any atom is 0.220 e. The fourth-order valence-electron chi connectivity index (χ4n) is 6.68. The Kier molecular flexibility index (Phi) is 30.6. The number of amides is 1. The van der Waals surface area contributed by atoms with Gasteiger partial charge in [-0.25, -0.2) is 0 Å². The molecule has 9 heteroatoms. The Hall–Kier alpha value is -1.07. The van der Waals surface area contributed by atoms with E-state index in [1.165, 1.54) is 128 Å². The summed E-state index contributed by atoms with van der Waals surface area (Å²) in [5, 5.41) is 53.9. The van der Waals surface area contributed by atoms with Crippen LogP contribution in [0.4, 0.5) is 0 Å². The molecule has 0 radical (unpaired) electrons. The van der Waals surface area contributed by atoms with E-state index in [-0.39, 0.29) is 12.5 Å². The Bertz CT molecular complexity index is 797. The van der Waals surface area contributed by atoms with Gasteiger partial charge in [-0.2, -0.15) is 0 Å². The van der Waals surface area contributed by atoms with E-state index in [9.17, 15) is 30.3 Å². The van der Waals surface area contributed by atoms with E-state index in [1.807, 2.05) is 6.08 Å². The molecule has 9 nitrogen and oxygen atoms in total. The Balaban J connectivity index is 2.36. The molecular weight excluding hydrogens is 634 g/mol. The van der Waals surface area contributed by atoms with Crippen LogP contribution in [0.2, 0.25) is 0 Å². The van der Waals surface area contributed by atoms with Crippen molar-refractivity contribution < 1.29 is 39.8 Å². The summed E-state index contributed by atoms with van der Waals surface area (Å²) < 4.78 is 11.2. The molecule has 1 aliphatic heterocycles. The lowest BCUT2D eigenvalue weighted by molar-refractivity contribution is -0.302. The summed E-state index contributed by atoms with van der Waals surface area (Å²) in [7, 11) is 0. The van der Waals surface area contributed by atoms with Crippen LogP contribution in [-0.4, -0.2) is 87.5 Å². The van der Waals surface area contributed by atoms with Crippen LogP contribution in [0.1, 0.15) is 187 Å². The SMILES string of the molecule is CCCCCCCCCC/C=C/[C@@H](O)[C@H](CO[C@@H]1O[C@H](CO)[C@@H](O)C(O)C1O)NC(=O)CCCCCCCCCCCCCCCCCCC. The number of rotatable bonds is 34. The van der Waals surface area contributed by atoms with E-state index in [0.717, 1.165) is 38.5 Å². The predicted molar refractivity (Wildman–Crippen MR) is 203 cm³/mol. The van der Waals surface area contributed by atoms with Crippen LogP contribution >= 0.6 is 0 Å². The molecule has 0 aromatic carbocycles. The second kappa shape index (κ2) is 32.6. The highest BCUT2D eigenvalue weighted by Gasteiger charge is 2.44. The fraction of sp³-hybridized carbons (Fsp3) is 0.927. The third kappa shape index (κ3) is 23.5. The van der Waals surface area contributed by atoms with Crippen LogP contribution in [0.3, 0.4) is 0 Å². The third-order valence-electron chi connectivity index (χ3n) is 10.1. The summed E-state index contributed by atoms with van der Waals surface area (Å²) in [6.45, 7) is 3.75. The zero-order valence-corrected chi connectivity index (χ0v) is 32.2. The molecule has 0 bridgehead atoms. The summed E-state index contributed by atoms with van der Waals surface area (Å²) in [4.78, 5) is 12.9. The van der Waals surface area contributed by atoms with E-state index in [2.05, 4.69) is 19.2 Å². The van der Waals surface area contributed by atoms with Crippen molar-refractivity contribution in [2.24, 2.45) is 0 Å². The van der Waals surface area contributed by atoms with Crippen LogP contribution in [0.15, 0.2) is 12.2 Å². The van der Waals surface area contributed by atoms with Gasteiger partial charge in [0.15, 0.2) is 6.29 Å². The van der Waals surface area contributed by atoms with Gasteiger partial charge in [0.25, 0.3) is 0 Å². The number of aliphatic hydroxyl groups excluding tert-OH is 5. The highest BCUT2D eigenvalue weighted by Crippen LogP contribution is 2.22. The number of hydrogen-bond donors (Lipinski definition) is 6. The molecule has 1 heterocycles. The van der Waals surface area contributed by atoms with Crippen LogP contribution in [-0.2, 0) is 14.3 Å². The lowest BCUT2D eigenvalue weighted by Gasteiger charge is -2.40. The topological polar surface area (TPSA) is 149 Å². The molecule has 0 saturated carbocycles. The molecule has 296 valence electrons. The second-order valence-electron chi connectivity index (χ2n) is 14.8. The molecule has 1 amide bonds. The quantitative estimate of drug-likeness (QED) is 0.0293. The standard InChI is InChI=1S/C41H79NO8/c1-3-5-7-9-11-13-15-16-17-18-19-20-21-23-25-27-29-31-37(45)42-34(33-49-41-40(48)39(47)38(46)36(32-43)50-41)35(44)30-28-26-24-22-14-12-10-8-6-4-2/h28,30,34-36,38-41,43-44,46-48H,3-27,29,31-33H2,1-2H3,(H,42,45)/b30-28+/t34-,35+,36+,38+,39?,40?,41+/m0/s1. The van der Waals surface area contributed by atoms with Gasteiger partial charge in [0.05, 0.1) is 25.4 Å². The number of aliphatic hydroxyl groups is 5. The lowest BCUT2D eigenvalue weighted by atomic mass is 9.99. The number of unbranched alkanes of at least 4 members (excludes halogenated alkanes) is 24. The minimum atomic E-state index is -1.56. The van der Waals surface area contributed by atoms with Gasteiger partial charge in [0.1, 0.15) is 24.4 Å². The van der Waals surface area contributed by atoms with Gasteiger partial charge in [0.2, 0.25) is 5.91 Å². The average molecular weight is 714 g/mol. The van der Waals surface area contributed by atoms with Crippen LogP contribution in [0.25, 0.3) is 0 Å². The largest absolute Gasteiger partial charge is 0.394 e. The molecule has 6 N–H and O–H groups in total. The zero-order chi connectivity index (χ0) is 36.7. The van der Waals surface area contributed by atoms with E-state index >= 15 is 0 Å². The Morgan fingerprint density at radius 2 is 1.10 bits per heavy atom. The van der Waals surface area contributed by atoms with Crippen molar-refractivity contribution in [3.05, 3.63) is 12.2 Å². The van der Waals surface area contributed by atoms with Crippen molar-refractivity contribution in [1.82, 2.24) is 5.32 Å². The number of carbonyl (C=O) groups excluding carboxylic acids is 1. The van der Waals surface area contributed by atoms with Crippen molar-refractivity contribution in [2.45, 2.75) is 230 Å². The van der Waals surface area contributed by atoms with Gasteiger partial charge in [-0.1, -0.05) is 174 Å². The maximum absolute atomic E-state index is 12.9. The van der Waals surface area contributed by atoms with Crippen molar-refractivity contribution in [2.75, 3.05) is 13.2 Å². The summed E-state index contributed by atoms with van der Waals surface area (Å²) in [6.07, 6.45) is 28.3. The molecule has 0 aromatic rings. The number of nitrogens with one attached hydrogen (secondary N) is 1. The summed E-state index contributed by atoms with van der Waals surface area (Å²) in [5.41, 5.74) is 0. The summed E-state index contributed by atoms with van der Waals surface area (Å²) in [5.74, 6) is -0.177. The number of hydrogen-bond acceptors (Lipinski definition) is 8. The molecule has 50 heavy (non-hydrogen) atoms. The van der Waals surface area contributed by atoms with Crippen LogP contribution in [0, 0.1) is 0 Å². The first-order valence-corrected chi connectivity index (χ1v) is 20.9. The smallest absolute Gasteiger partial charge is 0.220 e. The monoisotopic (exact) mass is 714 g/mol. The Morgan fingerprint density at radius 3 is 1.56 bits per heavy atom. The molecular formula is C41H79NO8. The molecule has 2 unspecified atom stereocenters.